The van der Waals surface area contributed by atoms with Gasteiger partial charge >= 0.3 is 5.97 Å². The maximum atomic E-state index is 11.9. The first-order valence-corrected chi connectivity index (χ1v) is 6.92. The summed E-state index contributed by atoms with van der Waals surface area (Å²) in [7, 11) is 0. The van der Waals surface area contributed by atoms with E-state index in [1.165, 1.54) is 12.3 Å². The number of hydrogen-bond donors (Lipinski definition) is 0. The van der Waals surface area contributed by atoms with Crippen LogP contribution in [0.2, 0.25) is 0 Å². The van der Waals surface area contributed by atoms with Gasteiger partial charge in [-0.05, 0) is 25.1 Å². The van der Waals surface area contributed by atoms with Gasteiger partial charge in [0.05, 0.1) is 24.2 Å². The Morgan fingerprint density at radius 2 is 2.26 bits per heavy atom. The molecule has 2 heterocycles. The van der Waals surface area contributed by atoms with Crippen molar-refractivity contribution in [1.29, 1.82) is 0 Å². The zero-order valence-electron chi connectivity index (χ0n) is 12.3. The average molecular weight is 308 g/mol. The second-order valence-corrected chi connectivity index (χ2v) is 4.60. The Labute approximate surface area is 131 Å². The summed E-state index contributed by atoms with van der Waals surface area (Å²) in [6.07, 6.45) is 4.53. The lowest BCUT2D eigenvalue weighted by Gasteiger charge is -2.05. The number of carbonyl (C=O) groups is 1. The molecule has 0 bridgehead atoms. The Morgan fingerprint density at radius 1 is 1.39 bits per heavy atom. The SMILES string of the molecule is CCOC(=O)c1cnn2c(-c3cccc(N=C=O)c3)ccnc12. The number of esters is 1. The summed E-state index contributed by atoms with van der Waals surface area (Å²) in [4.78, 5) is 30.1. The molecule has 0 saturated heterocycles. The Kier molecular flexibility index (Phi) is 3.95. The highest BCUT2D eigenvalue weighted by molar-refractivity contribution is 5.96. The first-order valence-electron chi connectivity index (χ1n) is 6.92. The molecule has 114 valence electrons. The highest BCUT2D eigenvalue weighted by Crippen LogP contribution is 2.25. The van der Waals surface area contributed by atoms with E-state index in [9.17, 15) is 9.59 Å². The number of aromatic nitrogens is 3. The van der Waals surface area contributed by atoms with Crippen LogP contribution < -0.4 is 0 Å². The van der Waals surface area contributed by atoms with Gasteiger partial charge in [-0.1, -0.05) is 12.1 Å². The second kappa shape index (κ2) is 6.21. The normalized spacial score (nSPS) is 10.3. The smallest absolute Gasteiger partial charge is 0.343 e. The van der Waals surface area contributed by atoms with Crippen LogP contribution in [0.4, 0.5) is 5.69 Å². The number of fused-ring (bicyclic) bond motifs is 1. The van der Waals surface area contributed by atoms with Gasteiger partial charge in [-0.3, -0.25) is 0 Å². The van der Waals surface area contributed by atoms with Gasteiger partial charge in [0.1, 0.15) is 5.56 Å². The molecule has 0 unspecified atom stereocenters. The van der Waals surface area contributed by atoms with Gasteiger partial charge in [-0.25, -0.2) is 19.1 Å². The summed E-state index contributed by atoms with van der Waals surface area (Å²) in [6, 6.07) is 8.81. The van der Waals surface area contributed by atoms with E-state index in [1.807, 2.05) is 6.07 Å². The topological polar surface area (TPSA) is 85.9 Å². The predicted molar refractivity (Wildman–Crippen MR) is 82.2 cm³/mol. The van der Waals surface area contributed by atoms with Crippen LogP contribution in [0.5, 0.6) is 0 Å². The maximum Gasteiger partial charge on any atom is 0.343 e. The van der Waals surface area contributed by atoms with E-state index in [4.69, 9.17) is 4.74 Å². The van der Waals surface area contributed by atoms with Crippen LogP contribution in [-0.4, -0.2) is 33.3 Å². The third-order valence-electron chi connectivity index (χ3n) is 3.21. The van der Waals surface area contributed by atoms with E-state index in [-0.39, 0.29) is 6.61 Å². The first-order chi connectivity index (χ1) is 11.2. The Morgan fingerprint density at radius 3 is 3.04 bits per heavy atom. The van der Waals surface area contributed by atoms with Crippen LogP contribution in [0.1, 0.15) is 17.3 Å². The second-order valence-electron chi connectivity index (χ2n) is 4.60. The predicted octanol–water partition coefficient (Wildman–Crippen LogP) is 2.54. The van der Waals surface area contributed by atoms with E-state index in [2.05, 4.69) is 15.1 Å². The van der Waals surface area contributed by atoms with Crippen molar-refractivity contribution in [2.75, 3.05) is 6.61 Å². The largest absolute Gasteiger partial charge is 0.462 e. The number of hydrogen-bond acceptors (Lipinski definition) is 6. The summed E-state index contributed by atoms with van der Waals surface area (Å²) in [5, 5.41) is 4.22. The van der Waals surface area contributed by atoms with Crippen molar-refractivity contribution in [2.45, 2.75) is 6.92 Å². The molecule has 0 atom stereocenters. The Hall–Kier alpha value is -3.31. The lowest BCUT2D eigenvalue weighted by Crippen LogP contribution is -2.05. The quantitative estimate of drug-likeness (QED) is 0.420. The fourth-order valence-electron chi connectivity index (χ4n) is 2.25. The number of nitrogens with zero attached hydrogens (tertiary/aromatic N) is 4. The third-order valence-corrected chi connectivity index (χ3v) is 3.21. The number of ether oxygens (including phenoxy) is 1. The molecule has 0 fully saturated rings. The van der Waals surface area contributed by atoms with Crippen molar-refractivity contribution in [3.05, 3.63) is 48.3 Å². The number of benzene rings is 1. The van der Waals surface area contributed by atoms with Gasteiger partial charge < -0.3 is 4.74 Å². The molecule has 3 aromatic rings. The van der Waals surface area contributed by atoms with Gasteiger partial charge in [0.2, 0.25) is 6.08 Å². The molecule has 0 amide bonds. The fourth-order valence-corrected chi connectivity index (χ4v) is 2.25. The highest BCUT2D eigenvalue weighted by Gasteiger charge is 2.17. The lowest BCUT2D eigenvalue weighted by atomic mass is 10.1. The van der Waals surface area contributed by atoms with Gasteiger partial charge in [0, 0.05) is 11.8 Å². The number of rotatable bonds is 4. The van der Waals surface area contributed by atoms with Crippen molar-refractivity contribution in [1.82, 2.24) is 14.6 Å². The molecule has 0 saturated carbocycles. The number of aliphatic imine (C=N–C) groups is 1. The van der Waals surface area contributed by atoms with Gasteiger partial charge in [0.25, 0.3) is 0 Å². The van der Waals surface area contributed by atoms with Crippen LogP contribution in [-0.2, 0) is 9.53 Å². The molecule has 2 aromatic heterocycles. The maximum absolute atomic E-state index is 11.9. The van der Waals surface area contributed by atoms with Crippen LogP contribution >= 0.6 is 0 Å². The summed E-state index contributed by atoms with van der Waals surface area (Å²) in [6.45, 7) is 2.02. The highest BCUT2D eigenvalue weighted by atomic mass is 16.5. The summed E-state index contributed by atoms with van der Waals surface area (Å²) in [5.41, 5.74) is 2.70. The molecule has 0 radical (unpaired) electrons. The Bertz CT molecular complexity index is 926. The zero-order chi connectivity index (χ0) is 16.2. The van der Waals surface area contributed by atoms with Crippen LogP contribution in [0, 0.1) is 0 Å². The molecule has 3 rings (SSSR count). The van der Waals surface area contributed by atoms with Crippen LogP contribution in [0.15, 0.2) is 47.7 Å². The molecular formula is C16H12N4O3. The lowest BCUT2D eigenvalue weighted by molar-refractivity contribution is 0.0528. The molecule has 0 aliphatic rings. The summed E-state index contributed by atoms with van der Waals surface area (Å²) >= 11 is 0. The van der Waals surface area contributed by atoms with E-state index in [1.54, 1.807) is 41.9 Å². The van der Waals surface area contributed by atoms with E-state index in [0.29, 0.717) is 22.6 Å². The van der Waals surface area contributed by atoms with Crippen LogP contribution in [0.25, 0.3) is 16.9 Å². The molecule has 7 nitrogen and oxygen atoms in total. The van der Waals surface area contributed by atoms with E-state index >= 15 is 0 Å². The minimum Gasteiger partial charge on any atom is -0.462 e. The molecule has 0 aliphatic heterocycles. The molecule has 23 heavy (non-hydrogen) atoms. The number of carbonyl (C=O) groups excluding carboxylic acids is 2. The number of isocyanates is 1. The standard InChI is InChI=1S/C16H12N4O3/c1-2-23-16(22)13-9-19-20-14(6-7-17-15(13)20)11-4-3-5-12(8-11)18-10-21/h3-9H,2H2,1H3. The Balaban J connectivity index is 2.14. The third kappa shape index (κ3) is 2.73. The molecule has 0 aliphatic carbocycles. The van der Waals surface area contributed by atoms with Crippen molar-refractivity contribution < 1.29 is 14.3 Å². The van der Waals surface area contributed by atoms with Crippen molar-refractivity contribution >= 4 is 23.4 Å². The monoisotopic (exact) mass is 308 g/mol. The summed E-state index contributed by atoms with van der Waals surface area (Å²) < 4.78 is 6.55. The summed E-state index contributed by atoms with van der Waals surface area (Å²) in [5.74, 6) is -0.466. The van der Waals surface area contributed by atoms with Gasteiger partial charge in [-0.2, -0.15) is 10.1 Å². The van der Waals surface area contributed by atoms with E-state index in [0.717, 1.165) is 5.56 Å². The molecular weight excluding hydrogens is 296 g/mol. The minimum absolute atomic E-state index is 0.279. The first kappa shape index (κ1) is 14.6. The van der Waals surface area contributed by atoms with E-state index < -0.39 is 5.97 Å². The molecule has 0 spiro atoms. The van der Waals surface area contributed by atoms with Crippen molar-refractivity contribution in [2.24, 2.45) is 4.99 Å². The average Bonchev–Trinajstić information content (AvgIpc) is 3.00. The molecule has 0 N–H and O–H groups in total. The fraction of sp³-hybridized carbons (Fsp3) is 0.125. The van der Waals surface area contributed by atoms with Crippen LogP contribution in [0.3, 0.4) is 0 Å². The zero-order valence-corrected chi connectivity index (χ0v) is 12.3. The molecule has 1 aromatic carbocycles. The van der Waals surface area contributed by atoms with Crippen molar-refractivity contribution in [3.63, 3.8) is 0 Å². The van der Waals surface area contributed by atoms with Gasteiger partial charge in [0.15, 0.2) is 5.65 Å². The molecule has 7 heteroatoms. The van der Waals surface area contributed by atoms with Gasteiger partial charge in [-0.15, -0.1) is 0 Å². The minimum atomic E-state index is -0.466. The van der Waals surface area contributed by atoms with Crippen molar-refractivity contribution in [3.8, 4) is 11.3 Å².